The van der Waals surface area contributed by atoms with E-state index in [4.69, 9.17) is 9.84 Å². The molecular formula is C7H14BrNO2. The first kappa shape index (κ1) is 9.45. The third-order valence-corrected chi connectivity index (χ3v) is 2.29. The monoisotopic (exact) mass is 223 g/mol. The largest absolute Gasteiger partial charge is 0.395 e. The molecule has 0 amide bonds. The Morgan fingerprint density at radius 2 is 2.45 bits per heavy atom. The molecule has 0 bridgehead atoms. The molecule has 0 aromatic rings. The Morgan fingerprint density at radius 3 is 3.09 bits per heavy atom. The predicted molar refractivity (Wildman–Crippen MR) is 47.1 cm³/mol. The Kier molecular flexibility index (Phi) is 4.37. The van der Waals surface area contributed by atoms with Gasteiger partial charge in [0.1, 0.15) is 0 Å². The molecule has 1 unspecified atom stereocenters. The number of hydrogen-bond acceptors (Lipinski definition) is 3. The molecule has 1 heterocycles. The number of aliphatic hydroxyl groups is 1. The molecule has 4 heteroatoms. The zero-order valence-corrected chi connectivity index (χ0v) is 8.09. The number of hydrogen-bond donors (Lipinski definition) is 1. The molecular weight excluding hydrogens is 210 g/mol. The highest BCUT2D eigenvalue weighted by Crippen LogP contribution is 2.05. The van der Waals surface area contributed by atoms with Gasteiger partial charge in [-0.05, 0) is 0 Å². The van der Waals surface area contributed by atoms with Crippen molar-refractivity contribution < 1.29 is 9.84 Å². The first-order chi connectivity index (χ1) is 5.38. The van der Waals surface area contributed by atoms with Gasteiger partial charge in [-0.3, -0.25) is 4.90 Å². The van der Waals surface area contributed by atoms with Crippen LogP contribution in [0.25, 0.3) is 0 Å². The van der Waals surface area contributed by atoms with Gasteiger partial charge in [0.15, 0.2) is 0 Å². The Bertz CT molecular complexity index is 111. The summed E-state index contributed by atoms with van der Waals surface area (Å²) in [5, 5.41) is 9.91. The molecule has 0 saturated carbocycles. The molecule has 0 spiro atoms. The fraction of sp³-hybridized carbons (Fsp3) is 1.00. The zero-order valence-electron chi connectivity index (χ0n) is 6.50. The van der Waals surface area contributed by atoms with Gasteiger partial charge in [-0.1, -0.05) is 15.9 Å². The van der Waals surface area contributed by atoms with Crippen molar-refractivity contribution in [2.24, 2.45) is 0 Å². The maximum absolute atomic E-state index is 8.95. The Labute approximate surface area is 75.5 Å². The molecule has 1 aliphatic heterocycles. The van der Waals surface area contributed by atoms with Crippen molar-refractivity contribution in [1.29, 1.82) is 0 Å². The maximum Gasteiger partial charge on any atom is 0.0644 e. The van der Waals surface area contributed by atoms with Gasteiger partial charge in [-0.15, -0.1) is 0 Å². The molecule has 11 heavy (non-hydrogen) atoms. The van der Waals surface area contributed by atoms with Crippen LogP contribution in [0.15, 0.2) is 0 Å². The van der Waals surface area contributed by atoms with E-state index in [1.807, 2.05) is 0 Å². The van der Waals surface area contributed by atoms with Gasteiger partial charge < -0.3 is 9.84 Å². The molecule has 1 aliphatic rings. The second-order valence-electron chi connectivity index (χ2n) is 2.64. The molecule has 1 fully saturated rings. The number of halogens is 1. The molecule has 0 aromatic heterocycles. The standard InChI is InChI=1S/C7H14BrNO2/c8-1-2-9-3-4-11-6-7(9)5-10/h7,10H,1-6H2. The fourth-order valence-corrected chi connectivity index (χ4v) is 1.72. The van der Waals surface area contributed by atoms with Gasteiger partial charge in [0.25, 0.3) is 0 Å². The average molecular weight is 224 g/mol. The number of morpholine rings is 1. The van der Waals surface area contributed by atoms with E-state index in [0.717, 1.165) is 25.0 Å². The number of rotatable bonds is 3. The van der Waals surface area contributed by atoms with E-state index >= 15 is 0 Å². The van der Waals surface area contributed by atoms with Gasteiger partial charge in [0.05, 0.1) is 25.9 Å². The lowest BCUT2D eigenvalue weighted by molar-refractivity contribution is -0.0242. The van der Waals surface area contributed by atoms with E-state index in [9.17, 15) is 0 Å². The minimum atomic E-state index is 0.201. The Hall–Kier alpha value is 0.360. The molecule has 0 aliphatic carbocycles. The van der Waals surface area contributed by atoms with Crippen molar-refractivity contribution in [2.45, 2.75) is 6.04 Å². The molecule has 3 nitrogen and oxygen atoms in total. The summed E-state index contributed by atoms with van der Waals surface area (Å²) < 4.78 is 5.23. The lowest BCUT2D eigenvalue weighted by atomic mass is 10.2. The summed E-state index contributed by atoms with van der Waals surface area (Å²) >= 11 is 3.38. The van der Waals surface area contributed by atoms with Crippen LogP contribution in [0.3, 0.4) is 0 Å². The van der Waals surface area contributed by atoms with Crippen molar-refractivity contribution in [1.82, 2.24) is 4.90 Å². The fourth-order valence-electron chi connectivity index (χ4n) is 1.26. The van der Waals surface area contributed by atoms with E-state index in [2.05, 4.69) is 20.8 Å². The number of aliphatic hydroxyl groups excluding tert-OH is 1. The third kappa shape index (κ3) is 2.71. The first-order valence-corrected chi connectivity index (χ1v) is 4.99. The normalized spacial score (nSPS) is 27.3. The highest BCUT2D eigenvalue weighted by molar-refractivity contribution is 9.09. The quantitative estimate of drug-likeness (QED) is 0.689. The van der Waals surface area contributed by atoms with Crippen LogP contribution >= 0.6 is 15.9 Å². The van der Waals surface area contributed by atoms with Crippen molar-refractivity contribution >= 4 is 15.9 Å². The lowest BCUT2D eigenvalue weighted by Gasteiger charge is -2.33. The van der Waals surface area contributed by atoms with Crippen LogP contribution in [-0.2, 0) is 4.74 Å². The number of alkyl halides is 1. The van der Waals surface area contributed by atoms with Crippen molar-refractivity contribution in [3.8, 4) is 0 Å². The molecule has 0 radical (unpaired) electrons. The van der Waals surface area contributed by atoms with E-state index < -0.39 is 0 Å². The van der Waals surface area contributed by atoms with Crippen LogP contribution in [-0.4, -0.2) is 54.3 Å². The SMILES string of the molecule is OCC1COCCN1CCBr. The van der Waals surface area contributed by atoms with Crippen molar-refractivity contribution in [3.63, 3.8) is 0 Å². The molecule has 1 rings (SSSR count). The predicted octanol–water partition coefficient (Wildman–Crippen LogP) is 0.0744. The summed E-state index contributed by atoms with van der Waals surface area (Å²) in [7, 11) is 0. The van der Waals surface area contributed by atoms with Crippen LogP contribution in [0.5, 0.6) is 0 Å². The van der Waals surface area contributed by atoms with Crippen LogP contribution in [0.4, 0.5) is 0 Å². The maximum atomic E-state index is 8.95. The smallest absolute Gasteiger partial charge is 0.0644 e. The van der Waals surface area contributed by atoms with E-state index in [1.54, 1.807) is 0 Å². The highest BCUT2D eigenvalue weighted by Gasteiger charge is 2.20. The molecule has 66 valence electrons. The number of ether oxygens (including phenoxy) is 1. The van der Waals surface area contributed by atoms with Crippen LogP contribution in [0.1, 0.15) is 0 Å². The average Bonchev–Trinajstić information content (AvgIpc) is 2.06. The third-order valence-electron chi connectivity index (χ3n) is 1.93. The highest BCUT2D eigenvalue weighted by atomic mass is 79.9. The van der Waals surface area contributed by atoms with Crippen LogP contribution < -0.4 is 0 Å². The second-order valence-corrected chi connectivity index (χ2v) is 3.43. The van der Waals surface area contributed by atoms with Crippen LogP contribution in [0.2, 0.25) is 0 Å². The summed E-state index contributed by atoms with van der Waals surface area (Å²) in [6, 6.07) is 0.210. The van der Waals surface area contributed by atoms with Crippen LogP contribution in [0, 0.1) is 0 Å². The topological polar surface area (TPSA) is 32.7 Å². The van der Waals surface area contributed by atoms with Gasteiger partial charge in [-0.25, -0.2) is 0 Å². The summed E-state index contributed by atoms with van der Waals surface area (Å²) in [6.07, 6.45) is 0. The Morgan fingerprint density at radius 1 is 1.64 bits per heavy atom. The molecule has 1 saturated heterocycles. The zero-order chi connectivity index (χ0) is 8.10. The van der Waals surface area contributed by atoms with E-state index in [1.165, 1.54) is 0 Å². The van der Waals surface area contributed by atoms with E-state index in [-0.39, 0.29) is 12.6 Å². The minimum absolute atomic E-state index is 0.201. The van der Waals surface area contributed by atoms with Gasteiger partial charge in [0, 0.05) is 18.4 Å². The summed E-state index contributed by atoms with van der Waals surface area (Å²) in [5.41, 5.74) is 0. The van der Waals surface area contributed by atoms with Gasteiger partial charge in [-0.2, -0.15) is 0 Å². The lowest BCUT2D eigenvalue weighted by Crippen LogP contribution is -2.48. The first-order valence-electron chi connectivity index (χ1n) is 3.87. The molecule has 0 aromatic carbocycles. The summed E-state index contributed by atoms with van der Waals surface area (Å²) in [5.74, 6) is 0. The number of nitrogens with zero attached hydrogens (tertiary/aromatic N) is 1. The summed E-state index contributed by atoms with van der Waals surface area (Å²) in [4.78, 5) is 2.25. The minimum Gasteiger partial charge on any atom is -0.395 e. The second kappa shape index (κ2) is 5.09. The molecule has 1 atom stereocenters. The molecule has 1 N–H and O–H groups in total. The van der Waals surface area contributed by atoms with E-state index in [0.29, 0.717) is 6.61 Å². The van der Waals surface area contributed by atoms with Gasteiger partial charge >= 0.3 is 0 Å². The Balaban J connectivity index is 2.31. The van der Waals surface area contributed by atoms with Gasteiger partial charge in [0.2, 0.25) is 0 Å². The van der Waals surface area contributed by atoms with Crippen molar-refractivity contribution in [3.05, 3.63) is 0 Å². The summed E-state index contributed by atoms with van der Waals surface area (Å²) in [6.45, 7) is 3.60. The van der Waals surface area contributed by atoms with Crippen molar-refractivity contribution in [2.75, 3.05) is 38.2 Å².